The monoisotopic (exact) mass is 368 g/mol. The van der Waals surface area contributed by atoms with Crippen molar-refractivity contribution in [3.05, 3.63) is 23.2 Å². The fourth-order valence-corrected chi connectivity index (χ4v) is 3.47. The zero-order valence-electron chi connectivity index (χ0n) is 12.3. The summed E-state index contributed by atoms with van der Waals surface area (Å²) in [6, 6.07) is 4.24. The SMILES string of the molecule is COCCCN(C)S(=O)(=O)c1cc(NC(=O)CCl)ccc1Cl. The van der Waals surface area contributed by atoms with E-state index in [1.54, 1.807) is 7.11 Å². The predicted octanol–water partition coefficient (Wildman–Crippen LogP) is 2.17. The number of carbonyl (C=O) groups is 1. The van der Waals surface area contributed by atoms with E-state index in [2.05, 4.69) is 5.32 Å². The number of sulfonamides is 1. The van der Waals surface area contributed by atoms with Crippen LogP contribution in [0.2, 0.25) is 5.02 Å². The highest BCUT2D eigenvalue weighted by molar-refractivity contribution is 7.89. The summed E-state index contributed by atoms with van der Waals surface area (Å²) >= 11 is 11.4. The highest BCUT2D eigenvalue weighted by Crippen LogP contribution is 2.27. The van der Waals surface area contributed by atoms with Crippen LogP contribution in [-0.4, -0.2) is 51.8 Å². The molecule has 0 spiro atoms. The molecule has 0 fully saturated rings. The van der Waals surface area contributed by atoms with E-state index in [1.807, 2.05) is 0 Å². The highest BCUT2D eigenvalue weighted by Gasteiger charge is 2.24. The second-order valence-corrected chi connectivity index (χ2v) is 7.19. The minimum atomic E-state index is -3.75. The lowest BCUT2D eigenvalue weighted by atomic mass is 10.3. The maximum atomic E-state index is 12.5. The maximum Gasteiger partial charge on any atom is 0.244 e. The molecule has 0 radical (unpaired) electrons. The second kappa shape index (κ2) is 8.69. The summed E-state index contributed by atoms with van der Waals surface area (Å²) < 4.78 is 31.1. The van der Waals surface area contributed by atoms with Gasteiger partial charge in [0.05, 0.1) is 5.02 Å². The minimum Gasteiger partial charge on any atom is -0.385 e. The van der Waals surface area contributed by atoms with Gasteiger partial charge >= 0.3 is 0 Å². The number of halogens is 2. The summed E-state index contributed by atoms with van der Waals surface area (Å²) in [5.74, 6) is -0.650. The minimum absolute atomic E-state index is 0.0681. The molecule has 1 amide bonds. The number of anilines is 1. The molecule has 0 atom stereocenters. The van der Waals surface area contributed by atoms with Gasteiger partial charge in [0.15, 0.2) is 0 Å². The molecule has 0 saturated carbocycles. The summed E-state index contributed by atoms with van der Waals surface area (Å²) in [6.07, 6.45) is 0.562. The molecule has 9 heteroatoms. The number of methoxy groups -OCH3 is 1. The first kappa shape index (κ1) is 19.2. The van der Waals surface area contributed by atoms with Gasteiger partial charge in [-0.25, -0.2) is 12.7 Å². The van der Waals surface area contributed by atoms with Gasteiger partial charge in [-0.1, -0.05) is 11.6 Å². The molecule has 0 aliphatic heterocycles. The standard InChI is InChI=1S/C13H18Cl2N2O4S/c1-17(6-3-7-21-2)22(19,20)12-8-10(4-5-11(12)15)16-13(18)9-14/h4-5,8H,3,6-7,9H2,1-2H3,(H,16,18). The van der Waals surface area contributed by atoms with Crippen molar-refractivity contribution < 1.29 is 17.9 Å². The van der Waals surface area contributed by atoms with Gasteiger partial charge in [0.2, 0.25) is 15.9 Å². The molecule has 0 unspecified atom stereocenters. The largest absolute Gasteiger partial charge is 0.385 e. The van der Waals surface area contributed by atoms with E-state index in [1.165, 1.54) is 29.6 Å². The quantitative estimate of drug-likeness (QED) is 0.563. The molecule has 0 aliphatic carbocycles. The van der Waals surface area contributed by atoms with Crippen LogP contribution in [-0.2, 0) is 19.6 Å². The number of carbonyl (C=O) groups excluding carboxylic acids is 1. The third-order valence-electron chi connectivity index (χ3n) is 2.85. The highest BCUT2D eigenvalue weighted by atomic mass is 35.5. The van der Waals surface area contributed by atoms with Gasteiger partial charge in [-0.05, 0) is 24.6 Å². The fraction of sp³-hybridized carbons (Fsp3) is 0.462. The van der Waals surface area contributed by atoms with Crippen LogP contribution in [0.5, 0.6) is 0 Å². The molecule has 0 saturated heterocycles. The molecule has 0 aromatic heterocycles. The molecule has 1 N–H and O–H groups in total. The van der Waals surface area contributed by atoms with Crippen LogP contribution >= 0.6 is 23.2 Å². The Labute approximate surface area is 140 Å². The van der Waals surface area contributed by atoms with Crippen molar-refractivity contribution in [2.24, 2.45) is 0 Å². The van der Waals surface area contributed by atoms with Crippen LogP contribution in [0.3, 0.4) is 0 Å². The number of ether oxygens (including phenoxy) is 1. The van der Waals surface area contributed by atoms with E-state index in [0.717, 1.165) is 0 Å². The van der Waals surface area contributed by atoms with Crippen LogP contribution in [0.15, 0.2) is 23.1 Å². The van der Waals surface area contributed by atoms with E-state index in [4.69, 9.17) is 27.9 Å². The lowest BCUT2D eigenvalue weighted by Gasteiger charge is -2.18. The van der Waals surface area contributed by atoms with Crippen LogP contribution in [0.1, 0.15) is 6.42 Å². The normalized spacial score (nSPS) is 11.7. The third kappa shape index (κ3) is 5.10. The molecular formula is C13H18Cl2N2O4S. The van der Waals surface area contributed by atoms with E-state index in [0.29, 0.717) is 25.3 Å². The molecule has 1 aromatic rings. The number of amides is 1. The molecule has 22 heavy (non-hydrogen) atoms. The van der Waals surface area contributed by atoms with Crippen molar-refractivity contribution in [1.29, 1.82) is 0 Å². The Balaban J connectivity index is 3.02. The van der Waals surface area contributed by atoms with Gasteiger partial charge in [0, 0.05) is 33.0 Å². The van der Waals surface area contributed by atoms with E-state index >= 15 is 0 Å². The number of rotatable bonds is 8. The lowest BCUT2D eigenvalue weighted by molar-refractivity contribution is -0.113. The van der Waals surface area contributed by atoms with Crippen molar-refractivity contribution >= 4 is 44.8 Å². The number of hydrogen-bond acceptors (Lipinski definition) is 4. The second-order valence-electron chi connectivity index (χ2n) is 4.50. The van der Waals surface area contributed by atoms with Crippen molar-refractivity contribution in [2.75, 3.05) is 38.5 Å². The fourth-order valence-electron chi connectivity index (χ4n) is 1.69. The smallest absolute Gasteiger partial charge is 0.244 e. The van der Waals surface area contributed by atoms with Gasteiger partial charge in [0.1, 0.15) is 10.8 Å². The number of nitrogens with one attached hydrogen (secondary N) is 1. The molecule has 0 bridgehead atoms. The summed E-state index contributed by atoms with van der Waals surface area (Å²) in [5, 5.41) is 2.58. The van der Waals surface area contributed by atoms with Crippen molar-refractivity contribution in [3.63, 3.8) is 0 Å². The summed E-state index contributed by atoms with van der Waals surface area (Å²) in [4.78, 5) is 11.2. The Kier molecular flexibility index (Phi) is 7.58. The average molecular weight is 369 g/mol. The van der Waals surface area contributed by atoms with E-state index < -0.39 is 15.9 Å². The third-order valence-corrected chi connectivity index (χ3v) is 5.43. The molecule has 1 rings (SSSR count). The van der Waals surface area contributed by atoms with E-state index in [-0.39, 0.29) is 15.8 Å². The van der Waals surface area contributed by atoms with Crippen molar-refractivity contribution in [3.8, 4) is 0 Å². The summed E-state index contributed by atoms with van der Waals surface area (Å²) in [7, 11) is -0.740. The van der Waals surface area contributed by atoms with Gasteiger partial charge < -0.3 is 10.1 Å². The molecule has 1 aromatic carbocycles. The van der Waals surface area contributed by atoms with Gasteiger partial charge in [-0.3, -0.25) is 4.79 Å². The van der Waals surface area contributed by atoms with Gasteiger partial charge in [-0.2, -0.15) is 0 Å². The van der Waals surface area contributed by atoms with Crippen LogP contribution in [0.4, 0.5) is 5.69 Å². The number of hydrogen-bond donors (Lipinski definition) is 1. The molecule has 124 valence electrons. The van der Waals surface area contributed by atoms with Gasteiger partial charge in [0.25, 0.3) is 0 Å². The van der Waals surface area contributed by atoms with Crippen molar-refractivity contribution in [2.45, 2.75) is 11.3 Å². The Bertz CT molecular complexity index is 622. The van der Waals surface area contributed by atoms with Crippen LogP contribution in [0, 0.1) is 0 Å². The topological polar surface area (TPSA) is 75.7 Å². The maximum absolute atomic E-state index is 12.5. The number of alkyl halides is 1. The number of benzene rings is 1. The molecular weight excluding hydrogens is 351 g/mol. The average Bonchev–Trinajstić information content (AvgIpc) is 2.48. The van der Waals surface area contributed by atoms with Crippen LogP contribution in [0.25, 0.3) is 0 Å². The first-order valence-electron chi connectivity index (χ1n) is 6.43. The first-order chi connectivity index (χ1) is 10.3. The Morgan fingerprint density at radius 2 is 2.09 bits per heavy atom. The summed E-state index contributed by atoms with van der Waals surface area (Å²) in [6.45, 7) is 0.754. The summed E-state index contributed by atoms with van der Waals surface area (Å²) in [5.41, 5.74) is 0.318. The number of nitrogens with zero attached hydrogens (tertiary/aromatic N) is 1. The Morgan fingerprint density at radius 1 is 1.41 bits per heavy atom. The first-order valence-corrected chi connectivity index (χ1v) is 8.78. The molecule has 0 heterocycles. The lowest BCUT2D eigenvalue weighted by Crippen LogP contribution is -2.29. The molecule has 0 aliphatic rings. The Morgan fingerprint density at radius 3 is 2.68 bits per heavy atom. The predicted molar refractivity (Wildman–Crippen MR) is 87.1 cm³/mol. The van der Waals surface area contributed by atoms with Gasteiger partial charge in [-0.15, -0.1) is 11.6 Å². The zero-order chi connectivity index (χ0) is 16.8. The Hall–Kier alpha value is -0.860. The zero-order valence-corrected chi connectivity index (χ0v) is 14.6. The van der Waals surface area contributed by atoms with Crippen LogP contribution < -0.4 is 5.32 Å². The van der Waals surface area contributed by atoms with Crippen molar-refractivity contribution in [1.82, 2.24) is 4.31 Å². The van der Waals surface area contributed by atoms with E-state index in [9.17, 15) is 13.2 Å². The molecule has 6 nitrogen and oxygen atoms in total.